The first kappa shape index (κ1) is 14.2. The van der Waals surface area contributed by atoms with Crippen molar-refractivity contribution in [3.8, 4) is 11.5 Å². The molecule has 0 unspecified atom stereocenters. The molecule has 1 aromatic rings. The van der Waals surface area contributed by atoms with Crippen LogP contribution in [0.3, 0.4) is 0 Å². The Balaban J connectivity index is 1.85. The summed E-state index contributed by atoms with van der Waals surface area (Å²) in [6, 6.07) is 7.76. The zero-order valence-electron chi connectivity index (χ0n) is 11.9. The molecule has 1 aliphatic carbocycles. The van der Waals surface area contributed by atoms with E-state index in [1.54, 1.807) is 7.11 Å². The van der Waals surface area contributed by atoms with Crippen molar-refractivity contribution in [2.45, 2.75) is 50.5 Å². The highest BCUT2D eigenvalue weighted by Crippen LogP contribution is 2.29. The summed E-state index contributed by atoms with van der Waals surface area (Å²) in [5.74, 6) is 1.59. The van der Waals surface area contributed by atoms with E-state index >= 15 is 0 Å². The van der Waals surface area contributed by atoms with Gasteiger partial charge in [0.1, 0.15) is 0 Å². The van der Waals surface area contributed by atoms with Crippen molar-refractivity contribution >= 4 is 0 Å². The van der Waals surface area contributed by atoms with Gasteiger partial charge in [0.15, 0.2) is 11.5 Å². The summed E-state index contributed by atoms with van der Waals surface area (Å²) in [6.45, 7) is 0.664. The molecular weight excluding hydrogens is 238 g/mol. The molecule has 0 amide bonds. The van der Waals surface area contributed by atoms with Crippen LogP contribution in [0.25, 0.3) is 0 Å². The molecule has 0 spiro atoms. The number of methoxy groups -OCH3 is 1. The Bertz CT molecular complexity index is 384. The van der Waals surface area contributed by atoms with Gasteiger partial charge in [-0.1, -0.05) is 37.8 Å². The maximum atomic E-state index is 6.48. The Kier molecular flexibility index (Phi) is 5.08. The molecule has 0 heterocycles. The third kappa shape index (κ3) is 4.13. The number of nitrogens with two attached hydrogens (primary N) is 1. The maximum absolute atomic E-state index is 6.48. The first-order valence-electron chi connectivity index (χ1n) is 7.28. The van der Waals surface area contributed by atoms with E-state index in [4.69, 9.17) is 15.2 Å². The average Bonchev–Trinajstić information content (AvgIpc) is 2.64. The molecule has 2 rings (SSSR count). The predicted molar refractivity (Wildman–Crippen MR) is 77.7 cm³/mol. The van der Waals surface area contributed by atoms with Crippen molar-refractivity contribution in [1.82, 2.24) is 0 Å². The Hall–Kier alpha value is -1.22. The van der Waals surface area contributed by atoms with Gasteiger partial charge in [0.2, 0.25) is 0 Å². The number of ether oxygens (including phenoxy) is 2. The molecule has 2 N–H and O–H groups in total. The number of para-hydroxylation sites is 2. The topological polar surface area (TPSA) is 44.5 Å². The van der Waals surface area contributed by atoms with E-state index in [9.17, 15) is 0 Å². The molecule has 0 saturated heterocycles. The molecule has 0 radical (unpaired) electrons. The Labute approximate surface area is 116 Å². The lowest BCUT2D eigenvalue weighted by Gasteiger charge is -2.28. The lowest BCUT2D eigenvalue weighted by Crippen LogP contribution is -2.40. The van der Waals surface area contributed by atoms with E-state index in [2.05, 4.69) is 0 Å². The van der Waals surface area contributed by atoms with Gasteiger partial charge < -0.3 is 15.2 Å². The molecule has 3 heteroatoms. The minimum Gasteiger partial charge on any atom is -0.493 e. The van der Waals surface area contributed by atoms with Crippen LogP contribution in [0.4, 0.5) is 0 Å². The number of hydrogen-bond acceptors (Lipinski definition) is 3. The minimum atomic E-state index is -0.0293. The standard InChI is InChI=1S/C16H25NO2/c1-18-14-8-4-5-9-15(14)19-13-12-16(17)10-6-2-3-7-11-16/h4-5,8-9H,2-3,6-7,10-13,17H2,1H3. The smallest absolute Gasteiger partial charge is 0.161 e. The van der Waals surface area contributed by atoms with Crippen LogP contribution >= 0.6 is 0 Å². The number of hydrogen-bond donors (Lipinski definition) is 1. The molecule has 1 aromatic carbocycles. The zero-order chi connectivity index (χ0) is 13.6. The van der Waals surface area contributed by atoms with Crippen molar-refractivity contribution < 1.29 is 9.47 Å². The Morgan fingerprint density at radius 1 is 1.05 bits per heavy atom. The summed E-state index contributed by atoms with van der Waals surface area (Å²) in [5, 5.41) is 0. The van der Waals surface area contributed by atoms with Crippen molar-refractivity contribution in [1.29, 1.82) is 0 Å². The van der Waals surface area contributed by atoms with Crippen LogP contribution < -0.4 is 15.2 Å². The molecule has 0 atom stereocenters. The SMILES string of the molecule is COc1ccccc1OCCC1(N)CCCCCC1. The summed E-state index contributed by atoms with van der Waals surface area (Å²) in [4.78, 5) is 0. The van der Waals surface area contributed by atoms with Gasteiger partial charge in [0.05, 0.1) is 13.7 Å². The van der Waals surface area contributed by atoms with Crippen LogP contribution in [0, 0.1) is 0 Å². The van der Waals surface area contributed by atoms with E-state index in [0.717, 1.165) is 30.8 Å². The highest BCUT2D eigenvalue weighted by Gasteiger charge is 2.26. The van der Waals surface area contributed by atoms with Crippen molar-refractivity contribution in [3.05, 3.63) is 24.3 Å². The first-order chi connectivity index (χ1) is 9.23. The van der Waals surface area contributed by atoms with Crippen LogP contribution in [0.2, 0.25) is 0 Å². The fraction of sp³-hybridized carbons (Fsp3) is 0.625. The normalized spacial score (nSPS) is 18.6. The van der Waals surface area contributed by atoms with E-state index in [1.165, 1.54) is 25.7 Å². The minimum absolute atomic E-state index is 0.0293. The Morgan fingerprint density at radius 3 is 2.32 bits per heavy atom. The van der Waals surface area contributed by atoms with Crippen molar-refractivity contribution in [3.63, 3.8) is 0 Å². The second kappa shape index (κ2) is 6.80. The quantitative estimate of drug-likeness (QED) is 0.827. The zero-order valence-corrected chi connectivity index (χ0v) is 11.9. The largest absolute Gasteiger partial charge is 0.493 e. The van der Waals surface area contributed by atoms with Gasteiger partial charge in [-0.05, 0) is 31.4 Å². The van der Waals surface area contributed by atoms with E-state index < -0.39 is 0 Å². The molecule has 1 fully saturated rings. The molecule has 3 nitrogen and oxygen atoms in total. The molecule has 106 valence electrons. The van der Waals surface area contributed by atoms with Gasteiger partial charge in [0.25, 0.3) is 0 Å². The highest BCUT2D eigenvalue weighted by atomic mass is 16.5. The molecule has 1 saturated carbocycles. The number of rotatable bonds is 5. The lowest BCUT2D eigenvalue weighted by atomic mass is 9.88. The van der Waals surface area contributed by atoms with Crippen LogP contribution in [0.15, 0.2) is 24.3 Å². The number of benzene rings is 1. The summed E-state index contributed by atoms with van der Waals surface area (Å²) in [5.41, 5.74) is 6.45. The first-order valence-corrected chi connectivity index (χ1v) is 7.28. The fourth-order valence-corrected chi connectivity index (χ4v) is 2.78. The second-order valence-corrected chi connectivity index (χ2v) is 5.53. The molecule has 0 aromatic heterocycles. The monoisotopic (exact) mass is 263 g/mol. The van der Waals surface area contributed by atoms with Crippen LogP contribution in [0.1, 0.15) is 44.9 Å². The summed E-state index contributed by atoms with van der Waals surface area (Å²) in [7, 11) is 1.66. The van der Waals surface area contributed by atoms with Gasteiger partial charge in [-0.2, -0.15) is 0 Å². The van der Waals surface area contributed by atoms with Gasteiger partial charge in [-0.3, -0.25) is 0 Å². The average molecular weight is 263 g/mol. The third-order valence-electron chi connectivity index (χ3n) is 4.03. The van der Waals surface area contributed by atoms with Gasteiger partial charge in [0, 0.05) is 5.54 Å². The van der Waals surface area contributed by atoms with Crippen molar-refractivity contribution in [2.75, 3.05) is 13.7 Å². The van der Waals surface area contributed by atoms with Gasteiger partial charge in [-0.25, -0.2) is 0 Å². The van der Waals surface area contributed by atoms with Crippen LogP contribution in [-0.4, -0.2) is 19.3 Å². The summed E-state index contributed by atoms with van der Waals surface area (Å²) in [6.07, 6.45) is 8.34. The summed E-state index contributed by atoms with van der Waals surface area (Å²) >= 11 is 0. The molecule has 1 aliphatic rings. The van der Waals surface area contributed by atoms with Gasteiger partial charge in [-0.15, -0.1) is 0 Å². The van der Waals surface area contributed by atoms with E-state index in [1.807, 2.05) is 24.3 Å². The molecular formula is C16H25NO2. The van der Waals surface area contributed by atoms with E-state index in [-0.39, 0.29) is 5.54 Å². The predicted octanol–water partition coefficient (Wildman–Crippen LogP) is 3.52. The third-order valence-corrected chi connectivity index (χ3v) is 4.03. The van der Waals surface area contributed by atoms with Crippen LogP contribution in [0.5, 0.6) is 11.5 Å². The van der Waals surface area contributed by atoms with E-state index in [0.29, 0.717) is 6.61 Å². The van der Waals surface area contributed by atoms with Crippen molar-refractivity contribution in [2.24, 2.45) is 5.73 Å². The fourth-order valence-electron chi connectivity index (χ4n) is 2.78. The summed E-state index contributed by atoms with van der Waals surface area (Å²) < 4.78 is 11.1. The lowest BCUT2D eigenvalue weighted by molar-refractivity contribution is 0.233. The van der Waals surface area contributed by atoms with Crippen LogP contribution in [-0.2, 0) is 0 Å². The Morgan fingerprint density at radius 2 is 1.68 bits per heavy atom. The van der Waals surface area contributed by atoms with Gasteiger partial charge >= 0.3 is 0 Å². The second-order valence-electron chi connectivity index (χ2n) is 5.53. The molecule has 0 aliphatic heterocycles. The highest BCUT2D eigenvalue weighted by molar-refractivity contribution is 5.39. The molecule has 0 bridgehead atoms. The maximum Gasteiger partial charge on any atom is 0.161 e. The molecule has 19 heavy (non-hydrogen) atoms.